The van der Waals surface area contributed by atoms with Crippen molar-refractivity contribution in [1.82, 2.24) is 15.1 Å². The third kappa shape index (κ3) is 5.41. The molecule has 2 amide bonds. The summed E-state index contributed by atoms with van der Waals surface area (Å²) < 4.78 is 1.56. The average molecular weight is 268 g/mol. The maximum atomic E-state index is 11.6. The smallest absolute Gasteiger partial charge is 0.319 e. The highest BCUT2D eigenvalue weighted by molar-refractivity contribution is 5.89. The van der Waals surface area contributed by atoms with E-state index in [-0.39, 0.29) is 12.5 Å². The second kappa shape index (κ2) is 6.77. The fourth-order valence-corrected chi connectivity index (χ4v) is 1.72. The number of urea groups is 1. The van der Waals surface area contributed by atoms with Crippen molar-refractivity contribution in [3.8, 4) is 0 Å². The normalized spacial score (nSPS) is 12.2. The predicted octanol–water partition coefficient (Wildman–Crippen LogP) is 1.29. The molecule has 106 valence electrons. The number of anilines is 1. The summed E-state index contributed by atoms with van der Waals surface area (Å²) in [5.74, 6) is -1.20. The van der Waals surface area contributed by atoms with Crippen LogP contribution in [0.4, 0.5) is 10.5 Å². The predicted molar refractivity (Wildman–Crippen MR) is 70.8 cm³/mol. The first-order valence-corrected chi connectivity index (χ1v) is 6.14. The van der Waals surface area contributed by atoms with Gasteiger partial charge < -0.3 is 15.7 Å². The fourth-order valence-electron chi connectivity index (χ4n) is 1.72. The Morgan fingerprint density at radius 1 is 1.47 bits per heavy atom. The van der Waals surface area contributed by atoms with Gasteiger partial charge in [0.25, 0.3) is 0 Å². The van der Waals surface area contributed by atoms with Gasteiger partial charge in [0.1, 0.15) is 0 Å². The van der Waals surface area contributed by atoms with Gasteiger partial charge in [0.05, 0.1) is 17.8 Å². The largest absolute Gasteiger partial charge is 0.481 e. The Labute approximate surface area is 112 Å². The van der Waals surface area contributed by atoms with Crippen molar-refractivity contribution in [3.63, 3.8) is 0 Å². The minimum Gasteiger partial charge on any atom is -0.481 e. The Bertz CT molecular complexity index is 442. The third-order valence-electron chi connectivity index (χ3n) is 2.58. The molecule has 0 aromatic carbocycles. The Balaban J connectivity index is 2.41. The zero-order chi connectivity index (χ0) is 14.4. The summed E-state index contributed by atoms with van der Waals surface area (Å²) in [6, 6.07) is -0.428. The van der Waals surface area contributed by atoms with Crippen LogP contribution in [-0.4, -0.2) is 33.4 Å². The molecule has 0 radical (unpaired) electrons. The van der Waals surface area contributed by atoms with Crippen molar-refractivity contribution in [1.29, 1.82) is 0 Å². The molecule has 0 aliphatic heterocycles. The molecule has 0 spiro atoms. The van der Waals surface area contributed by atoms with Crippen molar-refractivity contribution in [2.24, 2.45) is 18.9 Å². The van der Waals surface area contributed by atoms with Crippen LogP contribution < -0.4 is 10.6 Å². The molecule has 0 saturated carbocycles. The zero-order valence-corrected chi connectivity index (χ0v) is 11.4. The minimum absolute atomic E-state index is 0.111. The van der Waals surface area contributed by atoms with Crippen molar-refractivity contribution >= 4 is 17.7 Å². The molecule has 0 fully saturated rings. The number of nitrogens with zero attached hydrogens (tertiary/aromatic N) is 2. The van der Waals surface area contributed by atoms with Crippen LogP contribution in [0.25, 0.3) is 0 Å². The number of carbonyl (C=O) groups excluding carboxylic acids is 1. The molecule has 1 heterocycles. The molecule has 0 bridgehead atoms. The molecule has 0 aliphatic carbocycles. The summed E-state index contributed by atoms with van der Waals surface area (Å²) in [5.41, 5.74) is 0.565. The summed E-state index contributed by atoms with van der Waals surface area (Å²) in [6.45, 7) is 4.01. The van der Waals surface area contributed by atoms with Gasteiger partial charge in [-0.3, -0.25) is 9.48 Å². The highest BCUT2D eigenvalue weighted by Crippen LogP contribution is 2.11. The van der Waals surface area contributed by atoms with Gasteiger partial charge in [-0.15, -0.1) is 0 Å². The van der Waals surface area contributed by atoms with Crippen LogP contribution in [0, 0.1) is 11.8 Å². The molecule has 1 aromatic heterocycles. The van der Waals surface area contributed by atoms with Crippen LogP contribution in [0.5, 0.6) is 0 Å². The minimum atomic E-state index is -0.893. The highest BCUT2D eigenvalue weighted by Gasteiger charge is 2.19. The highest BCUT2D eigenvalue weighted by atomic mass is 16.4. The third-order valence-corrected chi connectivity index (χ3v) is 2.58. The lowest BCUT2D eigenvalue weighted by Crippen LogP contribution is -2.36. The summed E-state index contributed by atoms with van der Waals surface area (Å²) in [4.78, 5) is 22.6. The van der Waals surface area contributed by atoms with Crippen LogP contribution in [0.3, 0.4) is 0 Å². The maximum Gasteiger partial charge on any atom is 0.319 e. The van der Waals surface area contributed by atoms with Crippen molar-refractivity contribution in [2.45, 2.75) is 20.3 Å². The molecular weight excluding hydrogens is 248 g/mol. The van der Waals surface area contributed by atoms with Crippen molar-refractivity contribution < 1.29 is 14.7 Å². The second-order valence-corrected chi connectivity index (χ2v) is 4.90. The standard InChI is InChI=1S/C12H20N4O3/c1-8(2)4-9(11(17)18)5-13-12(19)15-10-6-14-16(3)7-10/h6-9H,4-5H2,1-3H3,(H,17,18)(H2,13,15,19). The number of hydrogen-bond donors (Lipinski definition) is 3. The Morgan fingerprint density at radius 3 is 2.63 bits per heavy atom. The summed E-state index contributed by atoms with van der Waals surface area (Å²) in [5, 5.41) is 18.1. The molecule has 0 aliphatic rings. The number of nitrogens with one attached hydrogen (secondary N) is 2. The number of carbonyl (C=O) groups is 2. The van der Waals surface area contributed by atoms with E-state index >= 15 is 0 Å². The molecule has 19 heavy (non-hydrogen) atoms. The van der Waals surface area contributed by atoms with Crippen LogP contribution in [0.2, 0.25) is 0 Å². The van der Waals surface area contributed by atoms with Gasteiger partial charge in [-0.05, 0) is 12.3 Å². The van der Waals surface area contributed by atoms with Crippen LogP contribution in [0.1, 0.15) is 20.3 Å². The molecule has 0 saturated heterocycles. The number of carboxylic acids is 1. The first kappa shape index (κ1) is 15.0. The van der Waals surface area contributed by atoms with E-state index in [1.165, 1.54) is 6.20 Å². The molecule has 1 rings (SSSR count). The number of rotatable bonds is 6. The SMILES string of the molecule is CC(C)CC(CNC(=O)Nc1cnn(C)c1)C(=O)O. The van der Waals surface area contributed by atoms with Gasteiger partial charge in [0.2, 0.25) is 0 Å². The van der Waals surface area contributed by atoms with E-state index < -0.39 is 17.9 Å². The number of aliphatic carboxylic acids is 1. The fraction of sp³-hybridized carbons (Fsp3) is 0.583. The quantitative estimate of drug-likeness (QED) is 0.724. The van der Waals surface area contributed by atoms with E-state index in [4.69, 9.17) is 5.11 Å². The summed E-state index contributed by atoms with van der Waals surface area (Å²) in [7, 11) is 1.74. The van der Waals surface area contributed by atoms with E-state index in [1.54, 1.807) is 17.9 Å². The zero-order valence-electron chi connectivity index (χ0n) is 11.4. The molecule has 7 nitrogen and oxygen atoms in total. The van der Waals surface area contributed by atoms with Crippen molar-refractivity contribution in [2.75, 3.05) is 11.9 Å². The van der Waals surface area contributed by atoms with Gasteiger partial charge >= 0.3 is 12.0 Å². The monoisotopic (exact) mass is 268 g/mol. The molecule has 1 unspecified atom stereocenters. The maximum absolute atomic E-state index is 11.6. The molecule has 1 atom stereocenters. The van der Waals surface area contributed by atoms with Gasteiger partial charge in [-0.1, -0.05) is 13.8 Å². The lowest BCUT2D eigenvalue weighted by molar-refractivity contribution is -0.142. The van der Waals surface area contributed by atoms with E-state index in [0.29, 0.717) is 12.1 Å². The lowest BCUT2D eigenvalue weighted by Gasteiger charge is -2.15. The average Bonchev–Trinajstić information content (AvgIpc) is 2.69. The number of aryl methyl sites for hydroxylation is 1. The Morgan fingerprint density at radius 2 is 2.16 bits per heavy atom. The summed E-state index contributed by atoms with van der Waals surface area (Å²) in [6.07, 6.45) is 3.70. The topological polar surface area (TPSA) is 96.3 Å². The molecule has 1 aromatic rings. The van der Waals surface area contributed by atoms with Gasteiger partial charge in [-0.2, -0.15) is 5.10 Å². The van der Waals surface area contributed by atoms with Crippen molar-refractivity contribution in [3.05, 3.63) is 12.4 Å². The van der Waals surface area contributed by atoms with Crippen LogP contribution >= 0.6 is 0 Å². The Kier molecular flexibility index (Phi) is 5.35. The van der Waals surface area contributed by atoms with Gasteiger partial charge in [0.15, 0.2) is 0 Å². The number of amides is 2. The number of aromatic nitrogens is 2. The summed E-state index contributed by atoms with van der Waals surface area (Å²) >= 11 is 0. The van der Waals surface area contributed by atoms with Gasteiger partial charge in [-0.25, -0.2) is 4.79 Å². The van der Waals surface area contributed by atoms with Crippen LogP contribution in [0.15, 0.2) is 12.4 Å². The van der Waals surface area contributed by atoms with Crippen LogP contribution in [-0.2, 0) is 11.8 Å². The number of hydrogen-bond acceptors (Lipinski definition) is 3. The van der Waals surface area contributed by atoms with Gasteiger partial charge in [0, 0.05) is 19.8 Å². The lowest BCUT2D eigenvalue weighted by atomic mass is 9.97. The second-order valence-electron chi connectivity index (χ2n) is 4.90. The number of carboxylic acid groups (broad SMARTS) is 1. The first-order valence-electron chi connectivity index (χ1n) is 6.14. The first-order chi connectivity index (χ1) is 8.88. The molecule has 3 N–H and O–H groups in total. The van der Waals surface area contributed by atoms with E-state index in [0.717, 1.165) is 0 Å². The van der Waals surface area contributed by atoms with E-state index in [9.17, 15) is 9.59 Å². The molecular formula is C12H20N4O3. The Hall–Kier alpha value is -2.05. The molecule has 7 heteroatoms. The van der Waals surface area contributed by atoms with E-state index in [2.05, 4.69) is 15.7 Å². The van der Waals surface area contributed by atoms with E-state index in [1.807, 2.05) is 13.8 Å².